The van der Waals surface area contributed by atoms with E-state index in [1.165, 1.54) is 6.92 Å². The summed E-state index contributed by atoms with van der Waals surface area (Å²) in [5.41, 5.74) is -4.50. The van der Waals surface area contributed by atoms with Crippen molar-refractivity contribution in [2.45, 2.75) is 36.3 Å². The van der Waals surface area contributed by atoms with Crippen molar-refractivity contribution in [3.63, 3.8) is 0 Å². The lowest BCUT2D eigenvalue weighted by Crippen LogP contribution is -2.56. The number of H-pyrrole nitrogens is 1. The van der Waals surface area contributed by atoms with E-state index in [2.05, 4.69) is 4.52 Å². The van der Waals surface area contributed by atoms with Gasteiger partial charge in [0, 0.05) is 18.2 Å². The Hall–Kier alpha value is -1.17. The van der Waals surface area contributed by atoms with Crippen molar-refractivity contribution in [2.75, 3.05) is 0 Å². The summed E-state index contributed by atoms with van der Waals surface area (Å²) in [4.78, 5) is 42.7. The fraction of sp³-hybridized carbons (Fsp3) is 0.600. The topological polar surface area (TPSA) is 151 Å². The van der Waals surface area contributed by atoms with Gasteiger partial charge in [0.2, 0.25) is 5.85 Å². The minimum atomic E-state index is -5.35. The van der Waals surface area contributed by atoms with Crippen LogP contribution in [-0.4, -0.2) is 65.3 Å². The van der Waals surface area contributed by atoms with Gasteiger partial charge in [-0.05, 0) is 6.92 Å². The lowest BCUT2D eigenvalue weighted by molar-refractivity contribution is -0.219. The lowest BCUT2D eigenvalue weighted by atomic mass is 9.60. The molecule has 3 atom stereocenters. The first kappa shape index (κ1) is 20.2. The fourth-order valence-corrected chi connectivity index (χ4v) is 2.83. The number of aromatic nitrogens is 2. The highest BCUT2D eigenvalue weighted by Gasteiger charge is 2.62. The van der Waals surface area contributed by atoms with Crippen molar-refractivity contribution in [1.29, 1.82) is 0 Å². The highest BCUT2D eigenvalue weighted by molar-refractivity contribution is 7.46. The predicted molar refractivity (Wildman–Crippen MR) is 82.7 cm³/mol. The Kier molecular flexibility index (Phi) is 4.78. The number of hydrogen-bond donors (Lipinski definition) is 4. The summed E-state index contributed by atoms with van der Waals surface area (Å²) in [5.74, 6) is -3.40. The smallest absolute Gasteiger partial charge is 0.389 e. The molecule has 25 heavy (non-hydrogen) atoms. The third-order valence-corrected chi connectivity index (χ3v) is 4.15. The molecule has 10 nitrogen and oxygen atoms in total. The van der Waals surface area contributed by atoms with Crippen LogP contribution in [0.15, 0.2) is 15.8 Å². The number of nitrogens with one attached hydrogen (secondary N) is 1. The number of ether oxygens (including phenoxy) is 1. The summed E-state index contributed by atoms with van der Waals surface area (Å²) in [6, 6.07) is 0. The van der Waals surface area contributed by atoms with Crippen molar-refractivity contribution >= 4 is 31.4 Å². The zero-order valence-electron chi connectivity index (χ0n) is 12.7. The van der Waals surface area contributed by atoms with Crippen LogP contribution in [0.2, 0.25) is 0 Å². The fourth-order valence-electron chi connectivity index (χ4n) is 2.30. The Labute approximate surface area is 143 Å². The van der Waals surface area contributed by atoms with Crippen molar-refractivity contribution < 1.29 is 33.1 Å². The van der Waals surface area contributed by atoms with E-state index in [0.717, 1.165) is 6.20 Å². The van der Waals surface area contributed by atoms with Crippen LogP contribution in [0.3, 0.4) is 0 Å². The third kappa shape index (κ3) is 3.55. The largest absolute Gasteiger partial charge is 0.468 e. The number of phosphoric acid groups is 1. The van der Waals surface area contributed by atoms with Gasteiger partial charge >= 0.3 is 13.5 Å². The molecule has 0 saturated carbocycles. The minimum absolute atomic E-state index is 0.0187. The molecule has 15 heteroatoms. The first-order chi connectivity index (χ1) is 11.1. The van der Waals surface area contributed by atoms with Gasteiger partial charge in [0.15, 0.2) is 0 Å². The Bertz CT molecular complexity index is 855. The number of aromatic amines is 1. The number of rotatable bonds is 4. The average molecular weight is 370 g/mol. The molecule has 0 aliphatic carbocycles. The van der Waals surface area contributed by atoms with Gasteiger partial charge < -0.3 is 19.6 Å². The van der Waals surface area contributed by atoms with Gasteiger partial charge in [0.1, 0.15) is 29.2 Å². The second kappa shape index (κ2) is 5.93. The molecular formula is C10H11B3FN2O8P. The predicted octanol–water partition coefficient (Wildman–Crippen LogP) is -2.83. The van der Waals surface area contributed by atoms with E-state index >= 15 is 0 Å². The second-order valence-electron chi connectivity index (χ2n) is 5.62. The molecule has 2 rings (SSSR count). The molecule has 0 amide bonds. The molecule has 1 aromatic heterocycles. The highest BCUT2D eigenvalue weighted by Crippen LogP contribution is 2.50. The van der Waals surface area contributed by atoms with Gasteiger partial charge in [0.25, 0.3) is 5.56 Å². The van der Waals surface area contributed by atoms with E-state index in [0.29, 0.717) is 4.57 Å². The van der Waals surface area contributed by atoms with Gasteiger partial charge in [-0.2, -0.15) is 0 Å². The van der Waals surface area contributed by atoms with Crippen LogP contribution in [0.1, 0.15) is 12.0 Å². The summed E-state index contributed by atoms with van der Waals surface area (Å²) in [7, 11) is 10.9. The molecule has 1 aliphatic rings. The summed E-state index contributed by atoms with van der Waals surface area (Å²) in [6.45, 7) is 1.30. The first-order valence-electron chi connectivity index (χ1n) is 6.64. The average Bonchev–Trinajstić information content (AvgIpc) is 2.63. The van der Waals surface area contributed by atoms with Gasteiger partial charge in [-0.15, -0.1) is 0 Å². The maximum absolute atomic E-state index is 15.0. The first-order valence-corrected chi connectivity index (χ1v) is 8.17. The number of aryl methyl sites for hydroxylation is 1. The van der Waals surface area contributed by atoms with E-state index in [4.69, 9.17) is 38.1 Å². The third-order valence-electron chi connectivity index (χ3n) is 3.61. The zero-order valence-corrected chi connectivity index (χ0v) is 13.6. The molecule has 0 spiro atoms. The number of nitrogens with zero attached hydrogens (tertiary/aromatic N) is 1. The minimum Gasteiger partial charge on any atom is -0.389 e. The molecule has 6 radical (unpaired) electrons. The van der Waals surface area contributed by atoms with E-state index in [-0.39, 0.29) is 5.56 Å². The highest BCUT2D eigenvalue weighted by atomic mass is 31.2. The molecule has 2 heterocycles. The maximum Gasteiger partial charge on any atom is 0.468 e. The molecule has 1 saturated heterocycles. The summed E-state index contributed by atoms with van der Waals surface area (Å²) >= 11 is 0. The van der Waals surface area contributed by atoms with Crippen molar-refractivity contribution in [1.82, 2.24) is 9.55 Å². The molecule has 1 aromatic rings. The van der Waals surface area contributed by atoms with Gasteiger partial charge in [-0.25, -0.2) is 13.8 Å². The van der Waals surface area contributed by atoms with Crippen LogP contribution in [-0.2, 0) is 19.4 Å². The SMILES string of the molecule is [B]C([B])(OP(=O)(O)O)[C@]1(F)C[C@@H](O)[C@]([B])(n2cc(C)c(=O)[nH]c2=O)O1. The molecule has 0 bridgehead atoms. The van der Waals surface area contributed by atoms with E-state index < -0.39 is 48.5 Å². The van der Waals surface area contributed by atoms with Crippen LogP contribution in [0.5, 0.6) is 0 Å². The Morgan fingerprint density at radius 3 is 2.60 bits per heavy atom. The van der Waals surface area contributed by atoms with Crippen molar-refractivity contribution in [3.05, 3.63) is 32.6 Å². The molecule has 0 unspecified atom stereocenters. The number of aliphatic hydroxyl groups excluding tert-OH is 1. The van der Waals surface area contributed by atoms with E-state index in [1.807, 2.05) is 4.98 Å². The quantitative estimate of drug-likeness (QED) is 0.327. The number of halogens is 1. The molecule has 130 valence electrons. The second-order valence-corrected chi connectivity index (χ2v) is 6.78. The number of alkyl halides is 1. The molecule has 1 fully saturated rings. The maximum atomic E-state index is 15.0. The van der Waals surface area contributed by atoms with Crippen molar-refractivity contribution in [2.24, 2.45) is 0 Å². The van der Waals surface area contributed by atoms with Crippen LogP contribution in [0, 0.1) is 6.92 Å². The monoisotopic (exact) mass is 370 g/mol. The number of aliphatic hydroxyl groups is 1. The van der Waals surface area contributed by atoms with Crippen LogP contribution < -0.4 is 11.2 Å². The summed E-state index contributed by atoms with van der Waals surface area (Å²) in [6.07, 6.45) is -2.15. The van der Waals surface area contributed by atoms with Gasteiger partial charge in [-0.3, -0.25) is 18.9 Å². The standard InChI is InChI=1S/C10H11B3FN2O8P/c1-4-3-16(7(19)15-6(4)18)9(11)5(17)2-8(14,23-9)10(12,13)24-25(20,21)22/h3,5,17H,2H2,1H3,(H,15,18,19)(H2,20,21,22)/t5-,8+,9+/m1/s1. The number of hydrogen-bond acceptors (Lipinski definition) is 6. The Balaban J connectivity index is 2.50. The summed E-state index contributed by atoms with van der Waals surface area (Å²) < 4.78 is 35.2. The number of phosphoric ester groups is 1. The Morgan fingerprint density at radius 1 is 1.52 bits per heavy atom. The van der Waals surface area contributed by atoms with Gasteiger partial charge in [0.05, 0.1) is 11.5 Å². The van der Waals surface area contributed by atoms with Crippen LogP contribution >= 0.6 is 7.82 Å². The lowest BCUT2D eigenvalue weighted by Gasteiger charge is -2.39. The summed E-state index contributed by atoms with van der Waals surface area (Å²) in [5, 5.41) is 6.85. The molecule has 0 aromatic carbocycles. The van der Waals surface area contributed by atoms with E-state index in [1.54, 1.807) is 0 Å². The van der Waals surface area contributed by atoms with Gasteiger partial charge in [-0.1, -0.05) is 0 Å². The van der Waals surface area contributed by atoms with Crippen molar-refractivity contribution in [3.8, 4) is 0 Å². The normalized spacial score (nSPS) is 30.5. The van der Waals surface area contributed by atoms with Crippen LogP contribution in [0.25, 0.3) is 0 Å². The molecular weight excluding hydrogens is 359 g/mol. The molecule has 1 aliphatic heterocycles. The zero-order chi connectivity index (χ0) is 19.4. The molecule has 4 N–H and O–H groups in total. The van der Waals surface area contributed by atoms with Crippen LogP contribution in [0.4, 0.5) is 4.39 Å². The Morgan fingerprint density at radius 2 is 2.08 bits per heavy atom. The van der Waals surface area contributed by atoms with E-state index in [9.17, 15) is 23.7 Å².